The van der Waals surface area contributed by atoms with Crippen molar-refractivity contribution in [2.75, 3.05) is 0 Å². The Morgan fingerprint density at radius 1 is 1.00 bits per heavy atom. The largest absolute Gasteiger partial charge is 0.339 e. The van der Waals surface area contributed by atoms with Crippen LogP contribution in [0.5, 0.6) is 0 Å². The minimum Gasteiger partial charge on any atom is -0.339 e. The highest BCUT2D eigenvalue weighted by atomic mass is 19.1. The molecular weight excluding hydrogens is 369 g/mol. The van der Waals surface area contributed by atoms with Crippen molar-refractivity contribution >= 4 is 16.7 Å². The van der Waals surface area contributed by atoms with Gasteiger partial charge in [-0.2, -0.15) is 5.10 Å². The van der Waals surface area contributed by atoms with E-state index in [0.717, 1.165) is 22.3 Å². The standard InChI is InChI=1S/C23H20FN3O2/c1-14-15(2)27(20-12-25-26(3)23(29)21(14)20)13-16-4-6-17(7-5-16)22(28)18-8-10-19(24)11-9-18/h4-12H,13H2,1-3H3. The Balaban J connectivity index is 1.65. The summed E-state index contributed by atoms with van der Waals surface area (Å²) in [4.78, 5) is 25.0. The Morgan fingerprint density at radius 3 is 2.21 bits per heavy atom. The number of fused-ring (bicyclic) bond motifs is 1. The smallest absolute Gasteiger partial charge is 0.276 e. The van der Waals surface area contributed by atoms with Gasteiger partial charge in [0.25, 0.3) is 5.56 Å². The molecule has 0 saturated carbocycles. The molecule has 2 heterocycles. The molecule has 0 N–H and O–H groups in total. The molecule has 0 saturated heterocycles. The summed E-state index contributed by atoms with van der Waals surface area (Å²) in [5.41, 5.74) is 4.64. The molecule has 0 spiro atoms. The lowest BCUT2D eigenvalue weighted by Crippen LogP contribution is -2.19. The molecule has 0 unspecified atom stereocenters. The monoisotopic (exact) mass is 389 g/mol. The summed E-state index contributed by atoms with van der Waals surface area (Å²) in [6.07, 6.45) is 1.71. The van der Waals surface area contributed by atoms with Gasteiger partial charge in [-0.1, -0.05) is 24.3 Å². The van der Waals surface area contributed by atoms with Crippen LogP contribution >= 0.6 is 0 Å². The molecule has 4 aromatic rings. The van der Waals surface area contributed by atoms with Gasteiger partial charge in [0, 0.05) is 30.4 Å². The Morgan fingerprint density at radius 2 is 1.59 bits per heavy atom. The molecule has 2 aromatic carbocycles. The second-order valence-corrected chi connectivity index (χ2v) is 7.16. The number of carbonyl (C=O) groups is 1. The van der Waals surface area contributed by atoms with E-state index < -0.39 is 0 Å². The number of hydrogen-bond donors (Lipinski definition) is 0. The van der Waals surface area contributed by atoms with Crippen LogP contribution in [0.25, 0.3) is 10.9 Å². The summed E-state index contributed by atoms with van der Waals surface area (Å²) in [6, 6.07) is 12.9. The van der Waals surface area contributed by atoms with Crippen LogP contribution < -0.4 is 5.56 Å². The van der Waals surface area contributed by atoms with Crippen LogP contribution in [0.1, 0.15) is 32.7 Å². The first-order valence-corrected chi connectivity index (χ1v) is 9.27. The SMILES string of the molecule is Cc1c(C)n(Cc2ccc(C(=O)c3ccc(F)cc3)cc2)c2cnn(C)c(=O)c12. The second kappa shape index (κ2) is 7.13. The van der Waals surface area contributed by atoms with Gasteiger partial charge < -0.3 is 4.57 Å². The van der Waals surface area contributed by atoms with Gasteiger partial charge in [-0.15, -0.1) is 0 Å². The number of benzene rings is 2. The van der Waals surface area contributed by atoms with E-state index in [1.807, 2.05) is 26.0 Å². The maximum Gasteiger partial charge on any atom is 0.276 e. The number of ketones is 1. The first kappa shape index (κ1) is 18.8. The molecule has 0 atom stereocenters. The van der Waals surface area contributed by atoms with Gasteiger partial charge in [0.15, 0.2) is 5.78 Å². The summed E-state index contributed by atoms with van der Waals surface area (Å²) in [5, 5.41) is 4.84. The van der Waals surface area contributed by atoms with Crippen molar-refractivity contribution in [2.45, 2.75) is 20.4 Å². The van der Waals surface area contributed by atoms with E-state index in [2.05, 4.69) is 9.67 Å². The van der Waals surface area contributed by atoms with Crippen molar-refractivity contribution in [1.82, 2.24) is 14.3 Å². The number of halogens is 1. The molecule has 2 aromatic heterocycles. The molecule has 0 aliphatic carbocycles. The predicted molar refractivity (Wildman–Crippen MR) is 110 cm³/mol. The average molecular weight is 389 g/mol. The summed E-state index contributed by atoms with van der Waals surface area (Å²) < 4.78 is 16.5. The molecule has 146 valence electrons. The van der Waals surface area contributed by atoms with Gasteiger partial charge in [0.2, 0.25) is 0 Å². The minimum absolute atomic E-state index is 0.109. The summed E-state index contributed by atoms with van der Waals surface area (Å²) in [6.45, 7) is 4.50. The molecule has 0 fully saturated rings. The van der Waals surface area contributed by atoms with E-state index in [-0.39, 0.29) is 17.2 Å². The van der Waals surface area contributed by atoms with Crippen LogP contribution in [0.2, 0.25) is 0 Å². The second-order valence-electron chi connectivity index (χ2n) is 7.16. The van der Waals surface area contributed by atoms with Crippen LogP contribution in [0, 0.1) is 19.7 Å². The summed E-state index contributed by atoms with van der Waals surface area (Å²) >= 11 is 0. The van der Waals surface area contributed by atoms with Gasteiger partial charge in [0.1, 0.15) is 5.82 Å². The van der Waals surface area contributed by atoms with Crippen LogP contribution in [0.4, 0.5) is 4.39 Å². The number of rotatable bonds is 4. The molecule has 0 amide bonds. The van der Waals surface area contributed by atoms with E-state index >= 15 is 0 Å². The summed E-state index contributed by atoms with van der Waals surface area (Å²) in [7, 11) is 1.64. The van der Waals surface area contributed by atoms with Gasteiger partial charge in [-0.05, 0) is 49.2 Å². The molecule has 0 radical (unpaired) electrons. The third kappa shape index (κ3) is 3.27. The Labute approximate surface area is 167 Å². The maximum atomic E-state index is 13.1. The highest BCUT2D eigenvalue weighted by Gasteiger charge is 2.16. The first-order chi connectivity index (χ1) is 13.9. The molecule has 4 rings (SSSR count). The summed E-state index contributed by atoms with van der Waals surface area (Å²) in [5.74, 6) is -0.520. The fourth-order valence-electron chi connectivity index (χ4n) is 3.57. The lowest BCUT2D eigenvalue weighted by Gasteiger charge is -2.10. The van der Waals surface area contributed by atoms with E-state index in [0.29, 0.717) is 23.1 Å². The number of carbonyl (C=O) groups excluding carboxylic acids is 1. The Hall–Kier alpha value is -3.54. The van der Waals surface area contributed by atoms with E-state index in [4.69, 9.17) is 0 Å². The molecule has 0 aliphatic rings. The maximum absolute atomic E-state index is 13.1. The van der Waals surface area contributed by atoms with Crippen molar-refractivity contribution in [3.05, 3.63) is 98.8 Å². The zero-order valence-corrected chi connectivity index (χ0v) is 16.4. The lowest BCUT2D eigenvalue weighted by molar-refractivity contribution is 0.103. The third-order valence-electron chi connectivity index (χ3n) is 5.39. The molecule has 5 nitrogen and oxygen atoms in total. The number of nitrogens with zero attached hydrogens (tertiary/aromatic N) is 3. The molecule has 29 heavy (non-hydrogen) atoms. The van der Waals surface area contributed by atoms with Gasteiger partial charge in [-0.3, -0.25) is 9.59 Å². The quantitative estimate of drug-likeness (QED) is 0.499. The van der Waals surface area contributed by atoms with Gasteiger partial charge in [-0.25, -0.2) is 9.07 Å². The predicted octanol–water partition coefficient (Wildman–Crippen LogP) is 3.77. The normalized spacial score (nSPS) is 11.2. The van der Waals surface area contributed by atoms with Crippen molar-refractivity contribution in [1.29, 1.82) is 0 Å². The van der Waals surface area contributed by atoms with Crippen molar-refractivity contribution in [3.8, 4) is 0 Å². The zero-order valence-electron chi connectivity index (χ0n) is 16.4. The van der Waals surface area contributed by atoms with Crippen LogP contribution in [-0.2, 0) is 13.6 Å². The van der Waals surface area contributed by atoms with Crippen molar-refractivity contribution in [3.63, 3.8) is 0 Å². The third-order valence-corrected chi connectivity index (χ3v) is 5.39. The fourth-order valence-corrected chi connectivity index (χ4v) is 3.57. The molecule has 6 heteroatoms. The van der Waals surface area contributed by atoms with Gasteiger partial charge >= 0.3 is 0 Å². The van der Waals surface area contributed by atoms with E-state index in [9.17, 15) is 14.0 Å². The van der Waals surface area contributed by atoms with Crippen molar-refractivity contribution < 1.29 is 9.18 Å². The molecule has 0 bridgehead atoms. The average Bonchev–Trinajstić information content (AvgIpc) is 2.96. The van der Waals surface area contributed by atoms with E-state index in [1.54, 1.807) is 25.4 Å². The zero-order chi connectivity index (χ0) is 20.7. The Bertz CT molecular complexity index is 1280. The Kier molecular flexibility index (Phi) is 4.62. The minimum atomic E-state index is -0.370. The highest BCUT2D eigenvalue weighted by molar-refractivity contribution is 6.08. The fraction of sp³-hybridized carbons (Fsp3) is 0.174. The first-order valence-electron chi connectivity index (χ1n) is 9.27. The van der Waals surface area contributed by atoms with Crippen LogP contribution in [-0.4, -0.2) is 20.1 Å². The van der Waals surface area contributed by atoms with Gasteiger partial charge in [0.05, 0.1) is 17.1 Å². The number of hydrogen-bond acceptors (Lipinski definition) is 3. The van der Waals surface area contributed by atoms with E-state index in [1.165, 1.54) is 28.9 Å². The van der Waals surface area contributed by atoms with Crippen LogP contribution in [0.3, 0.4) is 0 Å². The highest BCUT2D eigenvalue weighted by Crippen LogP contribution is 2.23. The molecule has 0 aliphatic heterocycles. The topological polar surface area (TPSA) is 56.9 Å². The number of aromatic nitrogens is 3. The van der Waals surface area contributed by atoms with Crippen LogP contribution in [0.15, 0.2) is 59.5 Å². The van der Waals surface area contributed by atoms with Crippen molar-refractivity contribution in [2.24, 2.45) is 7.05 Å². The molecular formula is C23H20FN3O2. The lowest BCUT2D eigenvalue weighted by atomic mass is 10.0. The number of aryl methyl sites for hydroxylation is 2.